The monoisotopic (exact) mass is 152 g/mol. The lowest BCUT2D eigenvalue weighted by Crippen LogP contribution is -1.88. The van der Waals surface area contributed by atoms with Gasteiger partial charge in [0.15, 0.2) is 0 Å². The highest BCUT2D eigenvalue weighted by molar-refractivity contribution is 5.35. The molecule has 1 aromatic heterocycles. The molecule has 0 fully saturated rings. The second-order valence-electron chi connectivity index (χ2n) is 2.23. The van der Waals surface area contributed by atoms with Crippen molar-refractivity contribution in [3.63, 3.8) is 0 Å². The fourth-order valence-corrected chi connectivity index (χ4v) is 0.856. The molecule has 4 heteroatoms. The summed E-state index contributed by atoms with van der Waals surface area (Å²) in [5, 5.41) is 3.56. The summed E-state index contributed by atoms with van der Waals surface area (Å²) in [6.07, 6.45) is 3.04. The predicted molar refractivity (Wildman–Crippen MR) is 37.8 cm³/mol. The summed E-state index contributed by atoms with van der Waals surface area (Å²) in [6, 6.07) is -0.209. The lowest BCUT2D eigenvalue weighted by atomic mass is 10.1. The molecule has 58 valence electrons. The summed E-state index contributed by atoms with van der Waals surface area (Å²) < 4.78 is 4.79. The molecule has 0 aliphatic carbocycles. The Morgan fingerprint density at radius 1 is 1.82 bits per heavy atom. The molecule has 0 aliphatic rings. The van der Waals surface area contributed by atoms with E-state index in [0.29, 0.717) is 5.76 Å². The normalized spacial score (nSPS) is 12.2. The minimum atomic E-state index is -0.209. The Labute approximate surface area is 63.9 Å². The highest BCUT2D eigenvalue weighted by atomic mass is 16.5. The average Bonchev–Trinajstić information content (AvgIpc) is 2.36. The molecule has 4 nitrogen and oxygen atoms in total. The van der Waals surface area contributed by atoms with E-state index < -0.39 is 0 Å². The maximum absolute atomic E-state index is 9.88. The van der Waals surface area contributed by atoms with Crippen molar-refractivity contribution in [1.82, 2.24) is 5.16 Å². The van der Waals surface area contributed by atoms with E-state index in [0.717, 1.165) is 5.56 Å². The molecule has 0 saturated heterocycles. The maximum Gasteiger partial charge on any atom is 0.235 e. The molecule has 1 unspecified atom stereocenters. The van der Waals surface area contributed by atoms with E-state index in [2.05, 4.69) is 10.1 Å². The zero-order valence-electron chi connectivity index (χ0n) is 6.37. The standard InChI is InChI=1S/C7H8N2O2/c1-5(8-4-10)7-3-9-11-6(7)2/h3,5H,1-2H3. The Morgan fingerprint density at radius 3 is 3.00 bits per heavy atom. The summed E-state index contributed by atoms with van der Waals surface area (Å²) >= 11 is 0. The molecule has 0 aromatic carbocycles. The third-order valence-corrected chi connectivity index (χ3v) is 1.48. The highest BCUT2D eigenvalue weighted by Gasteiger charge is 2.09. The molecule has 0 N–H and O–H groups in total. The third-order valence-electron chi connectivity index (χ3n) is 1.48. The van der Waals surface area contributed by atoms with Crippen molar-refractivity contribution in [2.24, 2.45) is 4.99 Å². The van der Waals surface area contributed by atoms with Crippen LogP contribution < -0.4 is 0 Å². The zero-order chi connectivity index (χ0) is 8.27. The fraction of sp³-hybridized carbons (Fsp3) is 0.429. The van der Waals surface area contributed by atoms with Crippen LogP contribution in [0.1, 0.15) is 24.3 Å². The summed E-state index contributed by atoms with van der Waals surface area (Å²) in [7, 11) is 0. The molecule has 0 bridgehead atoms. The van der Waals surface area contributed by atoms with Crippen molar-refractivity contribution in [1.29, 1.82) is 0 Å². The van der Waals surface area contributed by atoms with Gasteiger partial charge in [0.2, 0.25) is 6.08 Å². The van der Waals surface area contributed by atoms with Crippen LogP contribution in [0.2, 0.25) is 0 Å². The average molecular weight is 152 g/mol. The molecular weight excluding hydrogens is 144 g/mol. The van der Waals surface area contributed by atoms with Crippen molar-refractivity contribution in [2.75, 3.05) is 0 Å². The topological polar surface area (TPSA) is 55.5 Å². The van der Waals surface area contributed by atoms with Crippen molar-refractivity contribution in [3.8, 4) is 0 Å². The van der Waals surface area contributed by atoms with Crippen LogP contribution in [0.15, 0.2) is 15.7 Å². The van der Waals surface area contributed by atoms with Crippen LogP contribution >= 0.6 is 0 Å². The van der Waals surface area contributed by atoms with Gasteiger partial charge in [0.05, 0.1) is 12.2 Å². The number of aryl methyl sites for hydroxylation is 1. The number of nitrogens with zero attached hydrogens (tertiary/aromatic N) is 2. The van der Waals surface area contributed by atoms with Gasteiger partial charge >= 0.3 is 0 Å². The van der Waals surface area contributed by atoms with Crippen LogP contribution in [-0.2, 0) is 4.79 Å². The molecule has 0 spiro atoms. The van der Waals surface area contributed by atoms with Crippen molar-refractivity contribution in [3.05, 3.63) is 17.5 Å². The molecule has 1 atom stereocenters. The van der Waals surface area contributed by atoms with Gasteiger partial charge in [0.25, 0.3) is 0 Å². The first-order chi connectivity index (χ1) is 5.25. The van der Waals surface area contributed by atoms with Crippen molar-refractivity contribution < 1.29 is 9.32 Å². The number of carbonyl (C=O) groups excluding carboxylic acids is 1. The molecule has 11 heavy (non-hydrogen) atoms. The lowest BCUT2D eigenvalue weighted by Gasteiger charge is -1.97. The van der Waals surface area contributed by atoms with Gasteiger partial charge < -0.3 is 4.52 Å². The summed E-state index contributed by atoms with van der Waals surface area (Å²) in [4.78, 5) is 13.4. The van der Waals surface area contributed by atoms with E-state index in [9.17, 15) is 4.79 Å². The zero-order valence-corrected chi connectivity index (χ0v) is 6.37. The molecule has 1 aromatic rings. The summed E-state index contributed by atoms with van der Waals surface area (Å²) in [5.41, 5.74) is 0.827. The van der Waals surface area contributed by atoms with Gasteiger partial charge in [0, 0.05) is 5.56 Å². The van der Waals surface area contributed by atoms with Crippen LogP contribution in [-0.4, -0.2) is 11.2 Å². The van der Waals surface area contributed by atoms with Crippen LogP contribution in [0, 0.1) is 6.92 Å². The molecular formula is C7H8N2O2. The predicted octanol–water partition coefficient (Wildman–Crippen LogP) is 1.38. The smallest absolute Gasteiger partial charge is 0.235 e. The Balaban J connectivity index is 2.92. The molecule has 0 amide bonds. The molecule has 1 rings (SSSR count). The quantitative estimate of drug-likeness (QED) is 0.475. The Morgan fingerprint density at radius 2 is 2.55 bits per heavy atom. The third kappa shape index (κ3) is 1.53. The Hall–Kier alpha value is -1.41. The maximum atomic E-state index is 9.88. The van der Waals surface area contributed by atoms with E-state index in [1.54, 1.807) is 20.0 Å². The minimum absolute atomic E-state index is 0.209. The molecule has 0 saturated carbocycles. The number of hydrogen-bond acceptors (Lipinski definition) is 4. The molecule has 0 radical (unpaired) electrons. The summed E-state index contributed by atoms with van der Waals surface area (Å²) in [5.74, 6) is 0.691. The highest BCUT2D eigenvalue weighted by Crippen LogP contribution is 2.18. The van der Waals surface area contributed by atoms with E-state index in [-0.39, 0.29) is 6.04 Å². The number of hydrogen-bond donors (Lipinski definition) is 0. The first-order valence-electron chi connectivity index (χ1n) is 3.24. The van der Waals surface area contributed by atoms with Crippen LogP contribution in [0.25, 0.3) is 0 Å². The van der Waals surface area contributed by atoms with Gasteiger partial charge in [-0.15, -0.1) is 0 Å². The second kappa shape index (κ2) is 3.12. The Bertz CT molecular complexity index is 286. The van der Waals surface area contributed by atoms with Crippen LogP contribution in [0.4, 0.5) is 0 Å². The number of aromatic nitrogens is 1. The largest absolute Gasteiger partial charge is 0.361 e. The van der Waals surface area contributed by atoms with Gasteiger partial charge in [-0.3, -0.25) is 0 Å². The van der Waals surface area contributed by atoms with Crippen LogP contribution in [0.3, 0.4) is 0 Å². The first kappa shape index (κ1) is 7.69. The second-order valence-corrected chi connectivity index (χ2v) is 2.23. The fourth-order valence-electron chi connectivity index (χ4n) is 0.856. The SMILES string of the molecule is Cc1oncc1C(C)N=C=O. The van der Waals surface area contributed by atoms with Gasteiger partial charge in [-0.2, -0.15) is 4.99 Å². The van der Waals surface area contributed by atoms with E-state index in [1.807, 2.05) is 0 Å². The Kier molecular flexibility index (Phi) is 2.18. The number of rotatable bonds is 2. The van der Waals surface area contributed by atoms with Gasteiger partial charge in [-0.05, 0) is 13.8 Å². The number of aliphatic imine (C=N–C) groups is 1. The number of isocyanates is 1. The minimum Gasteiger partial charge on any atom is -0.361 e. The van der Waals surface area contributed by atoms with Gasteiger partial charge in [0.1, 0.15) is 5.76 Å². The van der Waals surface area contributed by atoms with E-state index >= 15 is 0 Å². The lowest BCUT2D eigenvalue weighted by molar-refractivity contribution is 0.395. The first-order valence-corrected chi connectivity index (χ1v) is 3.24. The summed E-state index contributed by atoms with van der Waals surface area (Å²) in [6.45, 7) is 3.56. The van der Waals surface area contributed by atoms with Crippen LogP contribution in [0.5, 0.6) is 0 Å². The molecule has 1 heterocycles. The van der Waals surface area contributed by atoms with E-state index in [1.165, 1.54) is 6.08 Å². The van der Waals surface area contributed by atoms with Gasteiger partial charge in [-0.25, -0.2) is 4.79 Å². The van der Waals surface area contributed by atoms with Gasteiger partial charge in [-0.1, -0.05) is 5.16 Å². The van der Waals surface area contributed by atoms with Crippen molar-refractivity contribution >= 4 is 6.08 Å². The van der Waals surface area contributed by atoms with E-state index in [4.69, 9.17) is 4.52 Å². The molecule has 0 aliphatic heterocycles. The van der Waals surface area contributed by atoms with Crippen molar-refractivity contribution in [2.45, 2.75) is 19.9 Å².